The Hall–Kier alpha value is -2.37. The smallest absolute Gasteiger partial charge is 0.279 e. The highest BCUT2D eigenvalue weighted by atomic mass is 32.2. The maximum absolute atomic E-state index is 11.7. The van der Waals surface area contributed by atoms with Gasteiger partial charge in [0, 0.05) is 25.9 Å². The van der Waals surface area contributed by atoms with Crippen molar-refractivity contribution in [2.45, 2.75) is 13.5 Å². The van der Waals surface area contributed by atoms with Crippen LogP contribution in [-0.2, 0) is 16.8 Å². The molecule has 0 amide bonds. The Morgan fingerprint density at radius 3 is 2.78 bits per heavy atom. The molecule has 23 heavy (non-hydrogen) atoms. The van der Waals surface area contributed by atoms with E-state index in [0.717, 1.165) is 4.31 Å². The summed E-state index contributed by atoms with van der Waals surface area (Å²) in [5.74, 6) is 1.40. The van der Waals surface area contributed by atoms with Crippen molar-refractivity contribution in [1.82, 2.24) is 33.8 Å². The predicted molar refractivity (Wildman–Crippen MR) is 80.5 cm³/mol. The Morgan fingerprint density at radius 2 is 2.13 bits per heavy atom. The molecule has 0 aliphatic carbocycles. The molecule has 0 aliphatic heterocycles. The molecular formula is C12H15N7O3S. The number of rotatable bonds is 5. The van der Waals surface area contributed by atoms with Crippen LogP contribution in [0.25, 0.3) is 17.1 Å². The minimum absolute atomic E-state index is 0.0285. The number of aryl methyl sites for hydroxylation is 1. The predicted octanol–water partition coefficient (Wildman–Crippen LogP) is -0.0163. The van der Waals surface area contributed by atoms with Gasteiger partial charge in [-0.3, -0.25) is 4.40 Å². The van der Waals surface area contributed by atoms with Crippen LogP contribution in [0.1, 0.15) is 11.6 Å². The van der Waals surface area contributed by atoms with Gasteiger partial charge in [-0.25, -0.2) is 0 Å². The molecule has 122 valence electrons. The number of nitrogens with zero attached hydrogens (tertiary/aromatic N) is 6. The van der Waals surface area contributed by atoms with E-state index in [1.807, 2.05) is 0 Å². The highest BCUT2D eigenvalue weighted by Crippen LogP contribution is 2.18. The molecule has 3 rings (SSSR count). The zero-order valence-corrected chi connectivity index (χ0v) is 13.6. The van der Waals surface area contributed by atoms with E-state index in [-0.39, 0.29) is 6.54 Å². The van der Waals surface area contributed by atoms with E-state index in [2.05, 4.69) is 25.1 Å². The lowest BCUT2D eigenvalue weighted by Gasteiger charge is -2.11. The van der Waals surface area contributed by atoms with Crippen LogP contribution >= 0.6 is 0 Å². The molecule has 10 nitrogen and oxygen atoms in total. The number of aromatic nitrogens is 5. The highest BCUT2D eigenvalue weighted by Gasteiger charge is 2.15. The quantitative estimate of drug-likeness (QED) is 0.695. The molecule has 3 aromatic rings. The Labute approximate surface area is 132 Å². The summed E-state index contributed by atoms with van der Waals surface area (Å²) in [5, 5.41) is 11.8. The standard InChI is InChI=1S/C12H15N7O3S/c1-8-14-12(22-17-8)9-4-5-19-10(6-9)15-16-11(19)7-13-23(20,21)18(2)3/h4-6,13H,7H2,1-3H3. The number of fused-ring (bicyclic) bond motifs is 1. The van der Waals surface area contributed by atoms with Gasteiger partial charge in [-0.15, -0.1) is 10.2 Å². The van der Waals surface area contributed by atoms with Gasteiger partial charge in [-0.1, -0.05) is 5.16 Å². The molecule has 0 aromatic carbocycles. The second kappa shape index (κ2) is 5.68. The molecule has 3 aromatic heterocycles. The second-order valence-electron chi connectivity index (χ2n) is 5.02. The van der Waals surface area contributed by atoms with Crippen LogP contribution in [0.15, 0.2) is 22.9 Å². The summed E-state index contributed by atoms with van der Waals surface area (Å²) in [6.07, 6.45) is 1.73. The normalized spacial score (nSPS) is 12.3. The fourth-order valence-corrected chi connectivity index (χ4v) is 2.46. The maximum Gasteiger partial charge on any atom is 0.279 e. The van der Waals surface area contributed by atoms with Gasteiger partial charge in [0.1, 0.15) is 0 Å². The molecule has 0 fully saturated rings. The summed E-state index contributed by atoms with van der Waals surface area (Å²) in [7, 11) is -0.628. The van der Waals surface area contributed by atoms with Crippen LogP contribution < -0.4 is 4.72 Å². The van der Waals surface area contributed by atoms with Crippen molar-refractivity contribution in [2.75, 3.05) is 14.1 Å². The zero-order chi connectivity index (χ0) is 16.6. The minimum Gasteiger partial charge on any atom is -0.334 e. The van der Waals surface area contributed by atoms with Gasteiger partial charge in [0.15, 0.2) is 17.3 Å². The van der Waals surface area contributed by atoms with E-state index in [0.29, 0.717) is 28.8 Å². The van der Waals surface area contributed by atoms with E-state index in [1.54, 1.807) is 29.7 Å². The molecule has 3 heterocycles. The van der Waals surface area contributed by atoms with Crippen LogP contribution in [0.3, 0.4) is 0 Å². The average molecular weight is 337 g/mol. The Balaban J connectivity index is 1.87. The van der Waals surface area contributed by atoms with Gasteiger partial charge in [-0.05, 0) is 19.1 Å². The van der Waals surface area contributed by atoms with Crippen molar-refractivity contribution in [3.05, 3.63) is 30.0 Å². The zero-order valence-electron chi connectivity index (χ0n) is 12.8. The minimum atomic E-state index is -3.52. The van der Waals surface area contributed by atoms with Crippen molar-refractivity contribution >= 4 is 15.9 Å². The Kier molecular flexibility index (Phi) is 3.83. The third-order valence-corrected chi connectivity index (χ3v) is 4.62. The summed E-state index contributed by atoms with van der Waals surface area (Å²) >= 11 is 0. The molecule has 1 N–H and O–H groups in total. The number of hydrogen-bond donors (Lipinski definition) is 1. The molecule has 0 atom stereocenters. The van der Waals surface area contributed by atoms with Gasteiger partial charge in [0.05, 0.1) is 6.54 Å². The highest BCUT2D eigenvalue weighted by molar-refractivity contribution is 7.87. The number of nitrogens with one attached hydrogen (secondary N) is 1. The first kappa shape index (κ1) is 15.5. The molecule has 0 spiro atoms. The second-order valence-corrected chi connectivity index (χ2v) is 6.98. The van der Waals surface area contributed by atoms with Gasteiger partial charge in [-0.2, -0.15) is 22.4 Å². The van der Waals surface area contributed by atoms with Crippen LogP contribution in [0.2, 0.25) is 0 Å². The monoisotopic (exact) mass is 337 g/mol. The van der Waals surface area contributed by atoms with Crippen LogP contribution in [-0.4, -0.2) is 51.6 Å². The van der Waals surface area contributed by atoms with Gasteiger partial charge < -0.3 is 4.52 Å². The van der Waals surface area contributed by atoms with Gasteiger partial charge in [0.2, 0.25) is 0 Å². The molecule has 0 saturated carbocycles. The SMILES string of the molecule is Cc1noc(-c2ccn3c(CNS(=O)(=O)N(C)C)nnc3c2)n1. The molecule has 0 saturated heterocycles. The molecule has 11 heteroatoms. The van der Waals surface area contributed by atoms with Gasteiger partial charge >= 0.3 is 0 Å². The molecule has 0 radical (unpaired) electrons. The summed E-state index contributed by atoms with van der Waals surface area (Å²) in [6.45, 7) is 1.76. The summed E-state index contributed by atoms with van der Waals surface area (Å²) in [6, 6.07) is 3.51. The van der Waals surface area contributed by atoms with E-state index in [1.165, 1.54) is 14.1 Å². The van der Waals surface area contributed by atoms with Crippen molar-refractivity contribution < 1.29 is 12.9 Å². The number of hydrogen-bond acceptors (Lipinski definition) is 7. The van der Waals surface area contributed by atoms with E-state index in [4.69, 9.17) is 4.52 Å². The number of pyridine rings is 1. The topological polar surface area (TPSA) is 119 Å². The fourth-order valence-electron chi connectivity index (χ4n) is 1.89. The van der Waals surface area contributed by atoms with Crippen molar-refractivity contribution in [3.63, 3.8) is 0 Å². The first-order chi connectivity index (χ1) is 10.9. The summed E-state index contributed by atoms with van der Waals surface area (Å²) in [5.41, 5.74) is 1.27. The van der Waals surface area contributed by atoms with E-state index >= 15 is 0 Å². The van der Waals surface area contributed by atoms with Crippen LogP contribution in [0.4, 0.5) is 0 Å². The maximum atomic E-state index is 11.7. The fraction of sp³-hybridized carbons (Fsp3) is 0.333. The summed E-state index contributed by atoms with van der Waals surface area (Å²) in [4.78, 5) is 4.15. The Bertz CT molecular complexity index is 945. The first-order valence-corrected chi connectivity index (χ1v) is 8.12. The lowest BCUT2D eigenvalue weighted by atomic mass is 10.2. The largest absolute Gasteiger partial charge is 0.334 e. The van der Waals surface area contributed by atoms with E-state index < -0.39 is 10.2 Å². The van der Waals surface area contributed by atoms with Crippen LogP contribution in [0.5, 0.6) is 0 Å². The van der Waals surface area contributed by atoms with Crippen molar-refractivity contribution in [2.24, 2.45) is 0 Å². The molecular weight excluding hydrogens is 322 g/mol. The lowest BCUT2D eigenvalue weighted by molar-refractivity contribution is 0.425. The molecule has 0 unspecified atom stereocenters. The lowest BCUT2D eigenvalue weighted by Crippen LogP contribution is -2.35. The van der Waals surface area contributed by atoms with E-state index in [9.17, 15) is 8.42 Å². The third kappa shape index (κ3) is 3.06. The molecule has 0 bridgehead atoms. The average Bonchev–Trinajstić information content (AvgIpc) is 3.10. The first-order valence-electron chi connectivity index (χ1n) is 6.68. The van der Waals surface area contributed by atoms with Crippen molar-refractivity contribution in [3.8, 4) is 11.5 Å². The third-order valence-electron chi connectivity index (χ3n) is 3.15. The molecule has 0 aliphatic rings. The van der Waals surface area contributed by atoms with Gasteiger partial charge in [0.25, 0.3) is 16.1 Å². The summed E-state index contributed by atoms with van der Waals surface area (Å²) < 4.78 is 33.8. The Morgan fingerprint density at radius 1 is 1.35 bits per heavy atom. The van der Waals surface area contributed by atoms with Crippen molar-refractivity contribution in [1.29, 1.82) is 0 Å². The van der Waals surface area contributed by atoms with Crippen LogP contribution in [0, 0.1) is 6.92 Å².